The van der Waals surface area contributed by atoms with Crippen LogP contribution >= 0.6 is 0 Å². The Kier molecular flexibility index (Phi) is 88.1. The molecule has 0 aliphatic rings. The number of rotatable bonds is 0. The molecule has 0 aromatic carbocycles. The smallest absolute Gasteiger partial charge is 0.381 e. The van der Waals surface area contributed by atoms with Crippen molar-refractivity contribution in [1.29, 1.82) is 0 Å². The fraction of sp³-hybridized carbons (Fsp3) is 0.333. The lowest BCUT2D eigenvalue weighted by Gasteiger charge is -1.31. The van der Waals surface area contributed by atoms with Crippen LogP contribution in [0.2, 0.25) is 0 Å². The molecule has 1 nitrogen and oxygen atoms in total. The lowest BCUT2D eigenvalue weighted by atomic mass is 10.8. The van der Waals surface area contributed by atoms with Gasteiger partial charge in [0.2, 0.25) is 0 Å². The molecule has 0 rings (SSSR count). The fourth-order valence-corrected chi connectivity index (χ4v) is 0. The Morgan fingerprint density at radius 1 is 1.80 bits per heavy atom. The lowest BCUT2D eigenvalue weighted by Crippen LogP contribution is -1.07. The van der Waals surface area contributed by atoms with Gasteiger partial charge in [0.15, 0.2) is 0 Å². The zero-order chi connectivity index (χ0) is 4.71. The zero-order valence-corrected chi connectivity index (χ0v) is 4.19. The molecule has 5 heavy (non-hydrogen) atoms. The standard InChI is InChI=1S/C3H6.OSi/c1-3-2;1-2/h3H,1H2,2H3;. The minimum atomic E-state index is 1.72. The van der Waals surface area contributed by atoms with Crippen LogP contribution in [-0.4, -0.2) is 10.1 Å². The summed E-state index contributed by atoms with van der Waals surface area (Å²) in [5.74, 6) is 0. The van der Waals surface area contributed by atoms with Crippen molar-refractivity contribution in [3.05, 3.63) is 12.7 Å². The highest BCUT2D eigenvalue weighted by Gasteiger charge is 1.15. The van der Waals surface area contributed by atoms with Gasteiger partial charge in [-0.25, -0.2) is 0 Å². The van der Waals surface area contributed by atoms with Crippen LogP contribution < -0.4 is 0 Å². The van der Waals surface area contributed by atoms with Crippen molar-refractivity contribution in [2.75, 3.05) is 0 Å². The monoisotopic (exact) mass is 86.0 g/mol. The van der Waals surface area contributed by atoms with E-state index in [1.165, 1.54) is 0 Å². The average Bonchev–Trinajstić information content (AvgIpc) is 1.46. The van der Waals surface area contributed by atoms with Gasteiger partial charge in [0.25, 0.3) is 0 Å². The van der Waals surface area contributed by atoms with Crippen LogP contribution in [0.4, 0.5) is 0 Å². The first-order valence-corrected chi connectivity index (χ1v) is 1.60. The van der Waals surface area contributed by atoms with E-state index in [0.29, 0.717) is 0 Å². The van der Waals surface area contributed by atoms with Gasteiger partial charge in [0.1, 0.15) is 0 Å². The highest BCUT2D eigenvalue weighted by Crippen LogP contribution is 1.38. The minimum Gasteiger partial charge on any atom is -0.381 e. The third-order valence-electron chi connectivity index (χ3n) is 0. The summed E-state index contributed by atoms with van der Waals surface area (Å²) in [5, 5.41) is 0. The van der Waals surface area contributed by atoms with Gasteiger partial charge in [-0.1, -0.05) is 6.08 Å². The van der Waals surface area contributed by atoms with Crippen molar-refractivity contribution in [3.63, 3.8) is 0 Å². The Balaban J connectivity index is 0. The van der Waals surface area contributed by atoms with Crippen molar-refractivity contribution >= 4 is 10.1 Å². The Morgan fingerprint density at radius 2 is 1.80 bits per heavy atom. The maximum atomic E-state index is 8.06. The van der Waals surface area contributed by atoms with Gasteiger partial charge in [0.05, 0.1) is 0 Å². The molecule has 0 amide bonds. The van der Waals surface area contributed by atoms with E-state index in [-0.39, 0.29) is 0 Å². The minimum absolute atomic E-state index is 1.72. The second kappa shape index (κ2) is 49.8. The van der Waals surface area contributed by atoms with Crippen LogP contribution in [-0.2, 0) is 4.46 Å². The van der Waals surface area contributed by atoms with Crippen molar-refractivity contribution in [2.24, 2.45) is 0 Å². The molecule has 0 N–H and O–H groups in total. The van der Waals surface area contributed by atoms with E-state index in [1.54, 1.807) is 16.2 Å². The molecule has 0 heterocycles. The Hall–Kier alpha value is -0.243. The third-order valence-corrected chi connectivity index (χ3v) is 0. The maximum absolute atomic E-state index is 8.06. The van der Waals surface area contributed by atoms with Crippen LogP contribution in [0.15, 0.2) is 12.7 Å². The van der Waals surface area contributed by atoms with E-state index in [2.05, 4.69) is 6.58 Å². The molecule has 2 radical (unpaired) electrons. The number of hydrogen-bond donors (Lipinski definition) is 0. The van der Waals surface area contributed by atoms with E-state index in [0.717, 1.165) is 0 Å². The first-order chi connectivity index (χ1) is 2.41. The molecule has 0 aliphatic carbocycles. The fourth-order valence-electron chi connectivity index (χ4n) is 0. The van der Waals surface area contributed by atoms with Gasteiger partial charge < -0.3 is 4.46 Å². The van der Waals surface area contributed by atoms with E-state index >= 15 is 0 Å². The molecular weight excluding hydrogens is 80.1 g/mol. The van der Waals surface area contributed by atoms with E-state index in [4.69, 9.17) is 4.46 Å². The topological polar surface area (TPSA) is 17.1 Å². The van der Waals surface area contributed by atoms with Crippen molar-refractivity contribution in [3.8, 4) is 0 Å². The van der Waals surface area contributed by atoms with Crippen molar-refractivity contribution < 1.29 is 4.46 Å². The molecule has 28 valence electrons. The van der Waals surface area contributed by atoms with Gasteiger partial charge in [-0.3, -0.25) is 0 Å². The SMILES string of the molecule is C=CC.O=[Si]. The molecule has 0 aliphatic heterocycles. The molecule has 0 aromatic rings. The molecule has 0 spiro atoms. The second-order valence-corrected chi connectivity index (χ2v) is 0.408. The molecule has 0 saturated carbocycles. The average molecular weight is 86.2 g/mol. The molecule has 0 fully saturated rings. The predicted octanol–water partition coefficient (Wildman–Crippen LogP) is 0.693. The quantitative estimate of drug-likeness (QED) is 0.313. The highest BCUT2D eigenvalue weighted by molar-refractivity contribution is 5.85. The number of hydrogen-bond acceptors (Lipinski definition) is 1. The summed E-state index contributed by atoms with van der Waals surface area (Å²) < 4.78 is 8.06. The van der Waals surface area contributed by atoms with Gasteiger partial charge in [-0.2, -0.15) is 0 Å². The van der Waals surface area contributed by atoms with Crippen molar-refractivity contribution in [2.45, 2.75) is 6.92 Å². The van der Waals surface area contributed by atoms with Gasteiger partial charge in [0, 0.05) is 0 Å². The lowest BCUT2D eigenvalue weighted by molar-refractivity contribution is 0.590. The van der Waals surface area contributed by atoms with Crippen LogP contribution in [0.3, 0.4) is 0 Å². The summed E-state index contributed by atoms with van der Waals surface area (Å²) in [5.41, 5.74) is 0. The molecule has 0 saturated heterocycles. The van der Waals surface area contributed by atoms with E-state index < -0.39 is 0 Å². The first kappa shape index (κ1) is 8.83. The van der Waals surface area contributed by atoms with Gasteiger partial charge in [-0.15, -0.1) is 6.58 Å². The zero-order valence-electron chi connectivity index (χ0n) is 3.19. The first-order valence-electron chi connectivity index (χ1n) is 1.19. The van der Waals surface area contributed by atoms with E-state index in [1.807, 2.05) is 6.92 Å². The molecule has 2 heteroatoms. The molecule has 0 aromatic heterocycles. The maximum Gasteiger partial charge on any atom is 0.381 e. The summed E-state index contributed by atoms with van der Waals surface area (Å²) in [6.45, 7) is 5.25. The normalized spacial score (nSPS) is 3.40. The Morgan fingerprint density at radius 3 is 1.80 bits per heavy atom. The van der Waals surface area contributed by atoms with Crippen LogP contribution in [0.25, 0.3) is 0 Å². The summed E-state index contributed by atoms with van der Waals surface area (Å²) in [6.07, 6.45) is 1.75. The third kappa shape index (κ3) is 196. The highest BCUT2D eigenvalue weighted by atomic mass is 28.1. The predicted molar refractivity (Wildman–Crippen MR) is 22.3 cm³/mol. The summed E-state index contributed by atoms with van der Waals surface area (Å²) >= 11 is 0. The van der Waals surface area contributed by atoms with Crippen LogP contribution in [0.5, 0.6) is 0 Å². The van der Waals surface area contributed by atoms with Gasteiger partial charge >= 0.3 is 10.1 Å². The van der Waals surface area contributed by atoms with Crippen LogP contribution in [0.1, 0.15) is 6.92 Å². The summed E-state index contributed by atoms with van der Waals surface area (Å²) in [4.78, 5) is 0. The number of allylic oxidation sites excluding steroid dienone is 1. The molecule has 0 atom stereocenters. The Bertz CT molecular complexity index is 20.9. The Labute approximate surface area is 35.2 Å². The van der Waals surface area contributed by atoms with E-state index in [9.17, 15) is 0 Å². The van der Waals surface area contributed by atoms with Crippen molar-refractivity contribution in [1.82, 2.24) is 0 Å². The molecule has 0 bridgehead atoms. The largest absolute Gasteiger partial charge is 0.381 e. The summed E-state index contributed by atoms with van der Waals surface area (Å²) in [7, 11) is 1.72. The molecule has 0 unspecified atom stereocenters. The molecular formula is C3H6OSi. The van der Waals surface area contributed by atoms with Gasteiger partial charge in [-0.05, 0) is 6.92 Å². The second-order valence-electron chi connectivity index (χ2n) is 0.408. The van der Waals surface area contributed by atoms with Crippen LogP contribution in [0, 0.1) is 0 Å². The summed E-state index contributed by atoms with van der Waals surface area (Å²) in [6, 6.07) is 0.